The Hall–Kier alpha value is -3.28. The maximum atomic E-state index is 10.1. The molecule has 2 saturated heterocycles. The third kappa shape index (κ3) is 3.37. The van der Waals surface area contributed by atoms with Gasteiger partial charge in [-0.25, -0.2) is 0 Å². The van der Waals surface area contributed by atoms with Gasteiger partial charge in [0.1, 0.15) is 6.07 Å². The fraction of sp³-hybridized carbons (Fsp3) is 0.467. The van der Waals surface area contributed by atoms with Crippen molar-refractivity contribution in [3.63, 3.8) is 0 Å². The summed E-state index contributed by atoms with van der Waals surface area (Å²) in [5, 5.41) is 20.8. The molecule has 1 aromatic heterocycles. The van der Waals surface area contributed by atoms with Crippen LogP contribution in [0.3, 0.4) is 0 Å². The number of nitriles is 2. The lowest BCUT2D eigenvalue weighted by atomic mass is 9.71. The predicted octanol–water partition coefficient (Wildman–Crippen LogP) is 5.22. The number of piperidine rings is 1. The zero-order valence-corrected chi connectivity index (χ0v) is 21.1. The van der Waals surface area contributed by atoms with Gasteiger partial charge in [-0.3, -0.25) is 0 Å². The van der Waals surface area contributed by atoms with Crippen LogP contribution in [0.1, 0.15) is 73.0 Å². The maximum Gasteiger partial charge on any atom is 0.101 e. The summed E-state index contributed by atoms with van der Waals surface area (Å²) in [7, 11) is 2.13. The molecular formula is C30H33N5. The Morgan fingerprint density at radius 1 is 0.943 bits per heavy atom. The van der Waals surface area contributed by atoms with Crippen molar-refractivity contribution in [1.29, 1.82) is 10.5 Å². The summed E-state index contributed by atoms with van der Waals surface area (Å²) < 4.78 is 2.29. The van der Waals surface area contributed by atoms with Crippen molar-refractivity contribution in [1.82, 2.24) is 9.47 Å². The van der Waals surface area contributed by atoms with E-state index in [9.17, 15) is 10.5 Å². The van der Waals surface area contributed by atoms with Gasteiger partial charge in [0, 0.05) is 54.6 Å². The highest BCUT2D eigenvalue weighted by atomic mass is 15.2. The molecule has 6 rings (SSSR count). The van der Waals surface area contributed by atoms with Crippen LogP contribution in [-0.4, -0.2) is 41.7 Å². The van der Waals surface area contributed by atoms with Crippen molar-refractivity contribution in [3.8, 4) is 12.1 Å². The molecule has 0 N–H and O–H groups in total. The van der Waals surface area contributed by atoms with Crippen molar-refractivity contribution in [2.24, 2.45) is 7.05 Å². The van der Waals surface area contributed by atoms with E-state index in [1.54, 1.807) is 0 Å². The molecule has 0 unspecified atom stereocenters. The monoisotopic (exact) mass is 463 g/mol. The highest BCUT2D eigenvalue weighted by Crippen LogP contribution is 2.47. The topological polar surface area (TPSA) is 59.0 Å². The summed E-state index contributed by atoms with van der Waals surface area (Å²) in [6, 6.07) is 16.0. The zero-order valence-electron chi connectivity index (χ0n) is 21.1. The minimum atomic E-state index is -0.194. The van der Waals surface area contributed by atoms with E-state index in [1.165, 1.54) is 66.5 Å². The van der Waals surface area contributed by atoms with Gasteiger partial charge in [-0.2, -0.15) is 10.5 Å². The highest BCUT2D eigenvalue weighted by Gasteiger charge is 2.38. The van der Waals surface area contributed by atoms with Gasteiger partial charge in [0.25, 0.3) is 0 Å². The number of hydrogen-bond acceptors (Lipinski definition) is 4. The van der Waals surface area contributed by atoms with E-state index in [-0.39, 0.29) is 5.41 Å². The molecule has 3 aliphatic rings. The van der Waals surface area contributed by atoms with E-state index in [0.29, 0.717) is 11.6 Å². The predicted molar refractivity (Wildman–Crippen MR) is 140 cm³/mol. The minimum Gasteiger partial charge on any atom is -0.370 e. The first-order chi connectivity index (χ1) is 16.9. The molecule has 35 heavy (non-hydrogen) atoms. The second-order valence-electron chi connectivity index (χ2n) is 11.1. The lowest BCUT2D eigenvalue weighted by Gasteiger charge is -2.40. The van der Waals surface area contributed by atoms with Crippen LogP contribution in [-0.2, 0) is 18.9 Å². The molecule has 0 amide bonds. The molecule has 1 aliphatic carbocycles. The first kappa shape index (κ1) is 22.2. The summed E-state index contributed by atoms with van der Waals surface area (Å²) >= 11 is 0. The van der Waals surface area contributed by atoms with Gasteiger partial charge in [-0.1, -0.05) is 19.9 Å². The van der Waals surface area contributed by atoms with Crippen LogP contribution in [0, 0.1) is 22.7 Å². The molecule has 0 atom stereocenters. The van der Waals surface area contributed by atoms with Gasteiger partial charge in [-0.05, 0) is 79.7 Å². The standard InChI is InChI=1S/C30H33N5/c1-30(2)26-17-27(35-12-8-23(9-13-35)34-10-4-5-11-34)22(19-32)15-21(26)16-25-24-7-6-20(18-31)14-28(24)33(3)29(25)30/h6-7,14-15,17,23H,4-5,8-13,16H2,1-3H3. The van der Waals surface area contributed by atoms with Crippen molar-refractivity contribution in [2.45, 2.75) is 57.4 Å². The van der Waals surface area contributed by atoms with Crippen LogP contribution in [0.15, 0.2) is 30.3 Å². The number of anilines is 1. The van der Waals surface area contributed by atoms with Gasteiger partial charge < -0.3 is 14.4 Å². The van der Waals surface area contributed by atoms with Crippen LogP contribution >= 0.6 is 0 Å². The number of likely N-dealkylation sites (tertiary alicyclic amines) is 1. The Morgan fingerprint density at radius 3 is 2.37 bits per heavy atom. The third-order valence-electron chi connectivity index (χ3n) is 8.87. The Balaban J connectivity index is 1.39. The summed E-state index contributed by atoms with van der Waals surface area (Å²) in [5.74, 6) is 0. The molecule has 0 saturated carbocycles. The lowest BCUT2D eigenvalue weighted by Crippen LogP contribution is -2.44. The van der Waals surface area contributed by atoms with Gasteiger partial charge in [0.2, 0.25) is 0 Å². The summed E-state index contributed by atoms with van der Waals surface area (Å²) in [6.45, 7) is 9.16. The Labute approximate surface area is 208 Å². The van der Waals surface area contributed by atoms with E-state index in [4.69, 9.17) is 0 Å². The fourth-order valence-electron chi connectivity index (χ4n) is 7.17. The van der Waals surface area contributed by atoms with Crippen molar-refractivity contribution < 1.29 is 0 Å². The molecule has 5 heteroatoms. The molecular weight excluding hydrogens is 430 g/mol. The number of rotatable bonds is 2. The van der Waals surface area contributed by atoms with Gasteiger partial charge in [0.15, 0.2) is 0 Å². The van der Waals surface area contributed by atoms with E-state index < -0.39 is 0 Å². The zero-order chi connectivity index (χ0) is 24.3. The molecule has 2 aliphatic heterocycles. The number of hydrogen-bond donors (Lipinski definition) is 0. The lowest BCUT2D eigenvalue weighted by molar-refractivity contribution is 0.208. The molecule has 0 radical (unpaired) electrons. The second-order valence-corrected chi connectivity index (χ2v) is 11.1. The molecule has 2 fully saturated rings. The van der Waals surface area contributed by atoms with E-state index in [0.717, 1.165) is 36.3 Å². The van der Waals surface area contributed by atoms with Crippen LogP contribution in [0.25, 0.3) is 10.9 Å². The van der Waals surface area contributed by atoms with Crippen LogP contribution in [0.5, 0.6) is 0 Å². The second kappa shape index (κ2) is 8.14. The Kier molecular flexibility index (Phi) is 5.17. The highest BCUT2D eigenvalue weighted by molar-refractivity contribution is 5.89. The SMILES string of the molecule is Cn1c2c(c3ccc(C#N)cc31)Cc1cc(C#N)c(N3CCC(N4CCCC4)CC3)cc1C2(C)C. The molecule has 0 spiro atoms. The van der Waals surface area contributed by atoms with Crippen LogP contribution < -0.4 is 4.90 Å². The number of aromatic nitrogens is 1. The molecule has 0 bridgehead atoms. The summed E-state index contributed by atoms with van der Waals surface area (Å²) in [4.78, 5) is 5.13. The van der Waals surface area contributed by atoms with Gasteiger partial charge in [-0.15, -0.1) is 0 Å². The van der Waals surface area contributed by atoms with Gasteiger partial charge in [0.05, 0.1) is 22.9 Å². The minimum absolute atomic E-state index is 0.194. The molecule has 3 aromatic rings. The van der Waals surface area contributed by atoms with Gasteiger partial charge >= 0.3 is 0 Å². The largest absolute Gasteiger partial charge is 0.370 e. The number of nitrogens with zero attached hydrogens (tertiary/aromatic N) is 5. The van der Waals surface area contributed by atoms with E-state index in [1.807, 2.05) is 12.1 Å². The number of aryl methyl sites for hydroxylation is 1. The van der Waals surface area contributed by atoms with Crippen molar-refractivity contribution in [3.05, 3.63) is 63.8 Å². The maximum absolute atomic E-state index is 10.1. The average Bonchev–Trinajstić information content (AvgIpc) is 3.51. The van der Waals surface area contributed by atoms with E-state index in [2.05, 4.69) is 65.6 Å². The first-order valence-corrected chi connectivity index (χ1v) is 13.0. The first-order valence-electron chi connectivity index (χ1n) is 13.0. The van der Waals surface area contributed by atoms with Crippen LogP contribution in [0.4, 0.5) is 5.69 Å². The normalized spacial score (nSPS) is 19.9. The van der Waals surface area contributed by atoms with Crippen molar-refractivity contribution >= 4 is 16.6 Å². The molecule has 178 valence electrons. The summed E-state index contributed by atoms with van der Waals surface area (Å²) in [5.41, 5.74) is 8.74. The number of fused-ring (bicyclic) bond motifs is 4. The Morgan fingerprint density at radius 2 is 1.69 bits per heavy atom. The Bertz CT molecular complexity index is 1400. The summed E-state index contributed by atoms with van der Waals surface area (Å²) in [6.07, 6.45) is 5.86. The fourth-order valence-corrected chi connectivity index (χ4v) is 7.17. The quantitative estimate of drug-likeness (QED) is 0.523. The number of benzene rings is 2. The third-order valence-corrected chi connectivity index (χ3v) is 8.87. The van der Waals surface area contributed by atoms with Crippen molar-refractivity contribution in [2.75, 3.05) is 31.1 Å². The molecule has 5 nitrogen and oxygen atoms in total. The van der Waals surface area contributed by atoms with E-state index >= 15 is 0 Å². The molecule has 3 heterocycles. The van der Waals surface area contributed by atoms with Crippen LogP contribution in [0.2, 0.25) is 0 Å². The molecule has 2 aromatic carbocycles. The smallest absolute Gasteiger partial charge is 0.101 e. The average molecular weight is 464 g/mol.